The van der Waals surface area contributed by atoms with Crippen molar-refractivity contribution < 1.29 is 14.3 Å². The van der Waals surface area contributed by atoms with E-state index in [9.17, 15) is 9.59 Å². The van der Waals surface area contributed by atoms with E-state index in [1.54, 1.807) is 0 Å². The topological polar surface area (TPSA) is 43.4 Å². The molecule has 0 aliphatic rings. The van der Waals surface area contributed by atoms with Crippen LogP contribution >= 0.6 is 0 Å². The van der Waals surface area contributed by atoms with Crippen LogP contribution in [-0.4, -0.2) is 18.4 Å². The van der Waals surface area contributed by atoms with Crippen molar-refractivity contribution in [2.24, 2.45) is 5.41 Å². The van der Waals surface area contributed by atoms with Gasteiger partial charge in [-0.05, 0) is 38.5 Å². The molecule has 3 heteroatoms. The molecule has 0 heterocycles. The Morgan fingerprint density at radius 1 is 0.339 bits per heavy atom. The minimum Gasteiger partial charge on any atom is -0.465 e. The third-order valence-corrected chi connectivity index (χ3v) is 13.1. The summed E-state index contributed by atoms with van der Waals surface area (Å²) in [5.74, 6) is 6.81. The Morgan fingerprint density at radius 3 is 0.949 bits per heavy atom. The molecule has 0 radical (unpaired) electrons. The number of rotatable bonds is 48. The first-order chi connectivity index (χ1) is 29.1. The van der Waals surface area contributed by atoms with Gasteiger partial charge < -0.3 is 4.74 Å². The molecule has 0 saturated carbocycles. The fraction of sp³-hybridized carbons (Fsp3) is 0.929. The predicted molar refractivity (Wildman–Crippen MR) is 261 cm³/mol. The second-order valence-electron chi connectivity index (χ2n) is 18.8. The minimum absolute atomic E-state index is 0.179. The first kappa shape index (κ1) is 57.7. The van der Waals surface area contributed by atoms with Crippen LogP contribution in [0, 0.1) is 17.3 Å². The van der Waals surface area contributed by atoms with Crippen LogP contribution in [-0.2, 0) is 14.3 Å². The molecule has 348 valence electrons. The van der Waals surface area contributed by atoms with Crippen molar-refractivity contribution in [2.75, 3.05) is 6.61 Å². The third kappa shape index (κ3) is 38.1. The van der Waals surface area contributed by atoms with Gasteiger partial charge in [-0.1, -0.05) is 265 Å². The highest BCUT2D eigenvalue weighted by molar-refractivity contribution is 6.03. The summed E-state index contributed by atoms with van der Waals surface area (Å²) in [6, 6.07) is 0. The number of ether oxygens (including phenoxy) is 1. The van der Waals surface area contributed by atoms with E-state index in [1.807, 2.05) is 0 Å². The van der Waals surface area contributed by atoms with Crippen molar-refractivity contribution in [3.63, 3.8) is 0 Å². The van der Waals surface area contributed by atoms with Crippen LogP contribution in [0.15, 0.2) is 0 Å². The van der Waals surface area contributed by atoms with Crippen LogP contribution in [0.5, 0.6) is 0 Å². The molecule has 0 amide bonds. The lowest BCUT2D eigenvalue weighted by Crippen LogP contribution is -2.41. The highest BCUT2D eigenvalue weighted by Gasteiger charge is 2.45. The zero-order valence-electron chi connectivity index (χ0n) is 41.0. The number of hydrogen-bond donors (Lipinski definition) is 0. The van der Waals surface area contributed by atoms with Crippen molar-refractivity contribution in [1.29, 1.82) is 0 Å². The van der Waals surface area contributed by atoms with Crippen molar-refractivity contribution in [3.05, 3.63) is 0 Å². The van der Waals surface area contributed by atoms with E-state index < -0.39 is 5.41 Å². The number of carbonyl (C=O) groups excluding carboxylic acids is 2. The summed E-state index contributed by atoms with van der Waals surface area (Å²) in [6.45, 7) is 9.58. The van der Waals surface area contributed by atoms with Crippen LogP contribution in [0.4, 0.5) is 0 Å². The lowest BCUT2D eigenvalue weighted by molar-refractivity contribution is -0.162. The molecule has 0 bridgehead atoms. The highest BCUT2D eigenvalue weighted by atomic mass is 16.5. The standard InChI is InChI=1S/C56H106O3/c1-5-9-13-17-21-24-27-29-31-32-34-36-39-42-46-50-54(57)56(51-47-43-20-16-12-8-4,55(58)59-53-49-45-41-38-26-23-19-15-11-7-3)52-48-44-40-37-35-33-30-28-25-22-18-14-10-6-2/h5-28,30,32-53H2,1-4H3. The van der Waals surface area contributed by atoms with Gasteiger partial charge in [0.2, 0.25) is 0 Å². The first-order valence-electron chi connectivity index (χ1n) is 27.2. The van der Waals surface area contributed by atoms with Crippen LogP contribution < -0.4 is 0 Å². The highest BCUT2D eigenvalue weighted by Crippen LogP contribution is 2.37. The van der Waals surface area contributed by atoms with Gasteiger partial charge in [-0.25, -0.2) is 0 Å². The number of esters is 1. The molecule has 0 rings (SSSR count). The zero-order valence-corrected chi connectivity index (χ0v) is 41.0. The van der Waals surface area contributed by atoms with E-state index in [1.165, 1.54) is 199 Å². The van der Waals surface area contributed by atoms with E-state index in [4.69, 9.17) is 4.74 Å². The van der Waals surface area contributed by atoms with Gasteiger partial charge in [0.05, 0.1) is 6.61 Å². The molecule has 0 N–H and O–H groups in total. The van der Waals surface area contributed by atoms with Gasteiger partial charge in [-0.2, -0.15) is 0 Å². The summed E-state index contributed by atoms with van der Waals surface area (Å²) in [5, 5.41) is 0. The molecular weight excluding hydrogens is 721 g/mol. The van der Waals surface area contributed by atoms with Gasteiger partial charge in [-0.15, -0.1) is 11.8 Å². The lowest BCUT2D eigenvalue weighted by Gasteiger charge is -2.31. The summed E-state index contributed by atoms with van der Waals surface area (Å²) in [6.07, 6.45) is 55.5. The van der Waals surface area contributed by atoms with Crippen molar-refractivity contribution in [2.45, 2.75) is 323 Å². The molecule has 0 aromatic rings. The lowest BCUT2D eigenvalue weighted by atomic mass is 9.73. The number of Topliss-reactive ketones (excluding diaryl/α,β-unsaturated/α-hetero) is 1. The normalized spacial score (nSPS) is 12.3. The maximum Gasteiger partial charge on any atom is 0.319 e. The summed E-state index contributed by atoms with van der Waals surface area (Å²) in [5.41, 5.74) is -0.939. The molecular formula is C56H106O3. The summed E-state index contributed by atoms with van der Waals surface area (Å²) < 4.78 is 6.12. The molecule has 1 unspecified atom stereocenters. The quantitative estimate of drug-likeness (QED) is 0.0266. The Hall–Kier alpha value is -1.30. The Labute approximate surface area is 371 Å². The molecule has 0 aromatic carbocycles. The zero-order chi connectivity index (χ0) is 43.0. The van der Waals surface area contributed by atoms with Gasteiger partial charge in [-0.3, -0.25) is 9.59 Å². The molecule has 0 fully saturated rings. The summed E-state index contributed by atoms with van der Waals surface area (Å²) in [7, 11) is 0. The maximum atomic E-state index is 14.4. The molecule has 0 aliphatic heterocycles. The van der Waals surface area contributed by atoms with Crippen molar-refractivity contribution in [3.8, 4) is 11.8 Å². The Balaban J connectivity index is 5.07. The first-order valence-corrected chi connectivity index (χ1v) is 27.2. The van der Waals surface area contributed by atoms with E-state index in [-0.39, 0.29) is 11.8 Å². The monoisotopic (exact) mass is 827 g/mol. The molecule has 3 nitrogen and oxygen atoms in total. The van der Waals surface area contributed by atoms with Crippen LogP contribution in [0.1, 0.15) is 323 Å². The summed E-state index contributed by atoms with van der Waals surface area (Å²) >= 11 is 0. The second-order valence-corrected chi connectivity index (χ2v) is 18.8. The third-order valence-electron chi connectivity index (χ3n) is 13.1. The molecule has 0 spiro atoms. The van der Waals surface area contributed by atoms with Gasteiger partial charge in [0, 0.05) is 19.3 Å². The average Bonchev–Trinajstić information content (AvgIpc) is 3.24. The Bertz CT molecular complexity index is 929. The van der Waals surface area contributed by atoms with Crippen LogP contribution in [0.25, 0.3) is 0 Å². The number of unbranched alkanes of at least 4 members (excludes halogenated alkanes) is 38. The SMILES string of the molecule is CCCCCCCCC#CCCCCCCCC(=O)C(CCCCCCCC)(CCCCCCCCCCCCCCCC)C(=O)OCCCCCCCCCCCC. The molecule has 1 atom stereocenters. The van der Waals surface area contributed by atoms with E-state index >= 15 is 0 Å². The van der Waals surface area contributed by atoms with Crippen LogP contribution in [0.2, 0.25) is 0 Å². The summed E-state index contributed by atoms with van der Waals surface area (Å²) in [4.78, 5) is 28.6. The van der Waals surface area contributed by atoms with E-state index in [0.29, 0.717) is 25.9 Å². The smallest absolute Gasteiger partial charge is 0.319 e. The van der Waals surface area contributed by atoms with E-state index in [0.717, 1.165) is 77.0 Å². The van der Waals surface area contributed by atoms with Gasteiger partial charge in [0.25, 0.3) is 0 Å². The van der Waals surface area contributed by atoms with Crippen LogP contribution in [0.3, 0.4) is 0 Å². The minimum atomic E-state index is -0.939. The average molecular weight is 827 g/mol. The Morgan fingerprint density at radius 2 is 0.610 bits per heavy atom. The molecule has 59 heavy (non-hydrogen) atoms. The fourth-order valence-electron chi connectivity index (χ4n) is 8.88. The van der Waals surface area contributed by atoms with E-state index in [2.05, 4.69) is 39.5 Å². The Kier molecular flexibility index (Phi) is 46.7. The number of carbonyl (C=O) groups is 2. The van der Waals surface area contributed by atoms with Crippen molar-refractivity contribution in [1.82, 2.24) is 0 Å². The largest absolute Gasteiger partial charge is 0.465 e. The second kappa shape index (κ2) is 47.7. The molecule has 0 aliphatic carbocycles. The maximum absolute atomic E-state index is 14.4. The number of ketones is 1. The predicted octanol–water partition coefficient (Wildman–Crippen LogP) is 19.1. The van der Waals surface area contributed by atoms with Gasteiger partial charge in [0.15, 0.2) is 0 Å². The van der Waals surface area contributed by atoms with Gasteiger partial charge in [0.1, 0.15) is 11.2 Å². The molecule has 0 saturated heterocycles. The molecule has 0 aromatic heterocycles. The fourth-order valence-corrected chi connectivity index (χ4v) is 8.88. The van der Waals surface area contributed by atoms with Gasteiger partial charge >= 0.3 is 5.97 Å². The number of hydrogen-bond acceptors (Lipinski definition) is 3. The van der Waals surface area contributed by atoms with Crippen molar-refractivity contribution >= 4 is 11.8 Å².